The molecule has 5 nitrogen and oxygen atoms in total. The number of aromatic nitrogens is 2. The van der Waals surface area contributed by atoms with E-state index in [9.17, 15) is 5.11 Å². The van der Waals surface area contributed by atoms with Crippen molar-refractivity contribution in [2.24, 2.45) is 0 Å². The van der Waals surface area contributed by atoms with Gasteiger partial charge in [-0.05, 0) is 72.9 Å². The molecule has 1 fully saturated rings. The summed E-state index contributed by atoms with van der Waals surface area (Å²) in [6.07, 6.45) is 3.83. The third kappa shape index (κ3) is 3.60. The molecule has 1 aliphatic rings. The molecule has 1 saturated heterocycles. The van der Waals surface area contributed by atoms with Gasteiger partial charge in [-0.1, -0.05) is 34.1 Å². The van der Waals surface area contributed by atoms with Gasteiger partial charge < -0.3 is 19.9 Å². The van der Waals surface area contributed by atoms with E-state index >= 15 is 0 Å². The minimum Gasteiger partial charge on any atom is -0.506 e. The van der Waals surface area contributed by atoms with Crippen LogP contribution >= 0.6 is 28.1 Å². The number of rotatable bonds is 4. The molecule has 3 heterocycles. The first-order valence-corrected chi connectivity index (χ1v) is 11.1. The topological polar surface area (TPSA) is 53.3 Å². The maximum absolute atomic E-state index is 10.6. The number of nitrogens with zero attached hydrogens (tertiary/aromatic N) is 3. The van der Waals surface area contributed by atoms with E-state index < -0.39 is 0 Å². The summed E-state index contributed by atoms with van der Waals surface area (Å²) in [5.41, 5.74) is 3.62. The summed E-state index contributed by atoms with van der Waals surface area (Å²) in [6.45, 7) is 0. The van der Waals surface area contributed by atoms with E-state index in [1.54, 1.807) is 18.3 Å². The van der Waals surface area contributed by atoms with E-state index in [0.29, 0.717) is 10.8 Å². The van der Waals surface area contributed by atoms with Crippen LogP contribution in [0, 0.1) is 0 Å². The summed E-state index contributed by atoms with van der Waals surface area (Å²) >= 11 is 9.26. The van der Waals surface area contributed by atoms with Crippen LogP contribution in [0.4, 0.5) is 5.69 Å². The molecule has 0 amide bonds. The first-order chi connectivity index (χ1) is 15.1. The van der Waals surface area contributed by atoms with Gasteiger partial charge in [0, 0.05) is 28.2 Å². The highest BCUT2D eigenvalue weighted by Crippen LogP contribution is 2.44. The first-order valence-electron chi connectivity index (χ1n) is 9.85. The smallest absolute Gasteiger partial charge is 0.174 e. The van der Waals surface area contributed by atoms with Crippen LogP contribution in [0.3, 0.4) is 0 Å². The van der Waals surface area contributed by atoms with E-state index in [0.717, 1.165) is 21.5 Å². The third-order valence-electron chi connectivity index (χ3n) is 5.43. The number of hydrogen-bond donors (Lipinski definition) is 2. The monoisotopic (exact) mass is 490 g/mol. The van der Waals surface area contributed by atoms with Crippen molar-refractivity contribution < 1.29 is 5.11 Å². The molecule has 1 aliphatic heterocycles. The van der Waals surface area contributed by atoms with E-state index in [1.165, 1.54) is 0 Å². The number of aromatic hydroxyl groups is 1. The summed E-state index contributed by atoms with van der Waals surface area (Å²) in [5.74, 6) is 0.181. The van der Waals surface area contributed by atoms with Crippen molar-refractivity contribution in [1.29, 1.82) is 0 Å². The summed E-state index contributed by atoms with van der Waals surface area (Å²) in [7, 11) is 0. The van der Waals surface area contributed by atoms with Crippen LogP contribution in [0.15, 0.2) is 95.7 Å². The molecule has 5 rings (SSSR count). The standard InChI is InChI=1S/C24H19BrN4OS/c25-16-10-12-17(13-11-16)28-15-5-8-20(28)23-22(18-6-3-4-14-26-18)27-24(31)29(23)19-7-1-2-9-21(19)30/h1-15,22-23,30H,(H,27,31)/t22-,23+/m0/s1. The summed E-state index contributed by atoms with van der Waals surface area (Å²) in [5, 5.41) is 14.6. The fraction of sp³-hybridized carbons (Fsp3) is 0.0833. The van der Waals surface area contributed by atoms with Crippen LogP contribution in [0.5, 0.6) is 5.75 Å². The fourth-order valence-corrected chi connectivity index (χ4v) is 4.66. The first kappa shape index (κ1) is 19.8. The van der Waals surface area contributed by atoms with Crippen molar-refractivity contribution >= 4 is 38.9 Å². The van der Waals surface area contributed by atoms with Gasteiger partial charge in [0.25, 0.3) is 0 Å². The molecule has 0 saturated carbocycles. The number of nitrogens with one attached hydrogen (secondary N) is 1. The Morgan fingerprint density at radius 2 is 1.71 bits per heavy atom. The zero-order valence-electron chi connectivity index (χ0n) is 16.4. The lowest BCUT2D eigenvalue weighted by Gasteiger charge is -2.29. The Labute approximate surface area is 194 Å². The fourth-order valence-electron chi connectivity index (χ4n) is 4.05. The predicted octanol–water partition coefficient (Wildman–Crippen LogP) is 5.52. The molecule has 0 radical (unpaired) electrons. The van der Waals surface area contributed by atoms with Gasteiger partial charge in [-0.2, -0.15) is 0 Å². The number of halogens is 1. The number of benzene rings is 2. The molecule has 0 bridgehead atoms. The van der Waals surface area contributed by atoms with E-state index in [2.05, 4.69) is 49.0 Å². The molecule has 2 aromatic carbocycles. The number of pyridine rings is 1. The Kier molecular flexibility index (Phi) is 5.21. The van der Waals surface area contributed by atoms with Crippen LogP contribution in [0.1, 0.15) is 23.5 Å². The van der Waals surface area contributed by atoms with E-state index in [1.807, 2.05) is 59.6 Å². The molecule has 0 unspecified atom stereocenters. The Morgan fingerprint density at radius 3 is 2.45 bits per heavy atom. The van der Waals surface area contributed by atoms with Crippen LogP contribution in [-0.2, 0) is 0 Å². The molecule has 7 heteroatoms. The lowest BCUT2D eigenvalue weighted by Crippen LogP contribution is -2.30. The molecule has 0 spiro atoms. The van der Waals surface area contributed by atoms with E-state index in [4.69, 9.17) is 12.2 Å². The van der Waals surface area contributed by atoms with Gasteiger partial charge in [-0.25, -0.2) is 0 Å². The second-order valence-corrected chi connectivity index (χ2v) is 8.57. The Morgan fingerprint density at radius 1 is 0.935 bits per heavy atom. The predicted molar refractivity (Wildman–Crippen MR) is 130 cm³/mol. The summed E-state index contributed by atoms with van der Waals surface area (Å²) in [6, 6.07) is 25.0. The number of phenolic OH excluding ortho intramolecular Hbond substituents is 1. The average molecular weight is 491 g/mol. The molecular weight excluding hydrogens is 472 g/mol. The van der Waals surface area contributed by atoms with Gasteiger partial charge in [0.2, 0.25) is 0 Å². The van der Waals surface area contributed by atoms with Crippen LogP contribution in [0.2, 0.25) is 0 Å². The molecule has 2 atom stereocenters. The van der Waals surface area contributed by atoms with Crippen molar-refractivity contribution in [3.8, 4) is 11.4 Å². The number of phenols is 1. The SMILES string of the molecule is Oc1ccccc1N1C(=S)N[C@@H](c2ccccn2)[C@H]1c1cccn1-c1ccc(Br)cc1. The highest BCUT2D eigenvalue weighted by Gasteiger charge is 2.42. The molecule has 4 aromatic rings. The highest BCUT2D eigenvalue weighted by molar-refractivity contribution is 9.10. The van der Waals surface area contributed by atoms with Gasteiger partial charge in [0.15, 0.2) is 5.11 Å². The summed E-state index contributed by atoms with van der Waals surface area (Å²) < 4.78 is 3.17. The van der Waals surface area contributed by atoms with Crippen molar-refractivity contribution in [1.82, 2.24) is 14.9 Å². The third-order valence-corrected chi connectivity index (χ3v) is 6.27. The number of anilines is 1. The molecular formula is C24H19BrN4OS. The largest absolute Gasteiger partial charge is 0.506 e. The number of para-hydroxylation sites is 2. The Bertz CT molecular complexity index is 1230. The second kappa shape index (κ2) is 8.17. The van der Waals surface area contributed by atoms with Crippen LogP contribution < -0.4 is 10.2 Å². The average Bonchev–Trinajstić information content (AvgIpc) is 3.40. The lowest BCUT2D eigenvalue weighted by molar-refractivity contribution is 0.472. The van der Waals surface area contributed by atoms with Crippen molar-refractivity contribution in [2.75, 3.05) is 4.90 Å². The maximum atomic E-state index is 10.6. The number of hydrogen-bond acceptors (Lipinski definition) is 3. The molecule has 0 aliphatic carbocycles. The Hall–Kier alpha value is -3.16. The molecule has 2 aromatic heterocycles. The minimum atomic E-state index is -0.214. The minimum absolute atomic E-state index is 0.181. The van der Waals surface area contributed by atoms with Gasteiger partial charge in [0.05, 0.1) is 17.4 Å². The van der Waals surface area contributed by atoms with Gasteiger partial charge in [-0.15, -0.1) is 0 Å². The van der Waals surface area contributed by atoms with Crippen molar-refractivity contribution in [2.45, 2.75) is 12.1 Å². The molecule has 154 valence electrons. The van der Waals surface area contributed by atoms with Crippen LogP contribution in [-0.4, -0.2) is 19.8 Å². The second-order valence-electron chi connectivity index (χ2n) is 7.26. The lowest BCUT2D eigenvalue weighted by atomic mass is 10.0. The zero-order valence-corrected chi connectivity index (χ0v) is 18.8. The highest BCUT2D eigenvalue weighted by atomic mass is 79.9. The van der Waals surface area contributed by atoms with E-state index in [-0.39, 0.29) is 17.8 Å². The zero-order chi connectivity index (χ0) is 21.4. The van der Waals surface area contributed by atoms with Crippen molar-refractivity contribution in [3.63, 3.8) is 0 Å². The molecule has 31 heavy (non-hydrogen) atoms. The maximum Gasteiger partial charge on any atom is 0.174 e. The summed E-state index contributed by atoms with van der Waals surface area (Å²) in [4.78, 5) is 6.57. The van der Waals surface area contributed by atoms with Crippen molar-refractivity contribution in [3.05, 3.63) is 107 Å². The van der Waals surface area contributed by atoms with Gasteiger partial charge >= 0.3 is 0 Å². The van der Waals surface area contributed by atoms with Gasteiger partial charge in [0.1, 0.15) is 11.8 Å². The Balaban J connectivity index is 1.68. The molecule has 2 N–H and O–H groups in total. The number of thiocarbonyl (C=S) groups is 1. The normalized spacial score (nSPS) is 18.2. The van der Waals surface area contributed by atoms with Gasteiger partial charge in [-0.3, -0.25) is 4.98 Å². The quantitative estimate of drug-likeness (QED) is 0.369. The van der Waals surface area contributed by atoms with Crippen LogP contribution in [0.25, 0.3) is 5.69 Å².